The van der Waals surface area contributed by atoms with Crippen molar-refractivity contribution < 1.29 is 38.8 Å². The summed E-state index contributed by atoms with van der Waals surface area (Å²) in [7, 11) is 1.10. The smallest absolute Gasteiger partial charge is 0.336 e. The van der Waals surface area contributed by atoms with E-state index < -0.39 is 130 Å². The first-order chi connectivity index (χ1) is 21.8. The zero-order valence-electron chi connectivity index (χ0n) is 25.4. The summed E-state index contributed by atoms with van der Waals surface area (Å²) in [5.41, 5.74) is -6.06. The zero-order valence-corrected chi connectivity index (χ0v) is 25.4. The predicted octanol–water partition coefficient (Wildman–Crippen LogP) is -4.65. The van der Waals surface area contributed by atoms with Crippen LogP contribution in [0.15, 0.2) is 40.9 Å². The second-order valence-corrected chi connectivity index (χ2v) is 9.72. The van der Waals surface area contributed by atoms with Crippen LogP contribution < -0.4 is 34.1 Å². The Kier molecular flexibility index (Phi) is 14.0. The number of rotatable bonds is 18. The number of aliphatic hydroxyl groups is 2. The first-order valence-electron chi connectivity index (χ1n) is 13.9. The van der Waals surface area contributed by atoms with Crippen molar-refractivity contribution in [2.24, 2.45) is 0 Å². The third-order valence-electron chi connectivity index (χ3n) is 6.32. The van der Waals surface area contributed by atoms with Crippen LogP contribution in [-0.2, 0) is 67.9 Å². The molecule has 0 aliphatic heterocycles. The van der Waals surface area contributed by atoms with Gasteiger partial charge in [0.1, 0.15) is 13.2 Å². The van der Waals surface area contributed by atoms with Gasteiger partial charge in [-0.2, -0.15) is 0 Å². The maximum atomic E-state index is 13.1. The molecule has 0 unspecified atom stereocenters. The maximum absolute atomic E-state index is 13.1. The third-order valence-corrected chi connectivity index (χ3v) is 6.32. The zero-order chi connectivity index (χ0) is 34.6. The van der Waals surface area contributed by atoms with Gasteiger partial charge in [0.05, 0.1) is 59.2 Å². The molecular weight excluding hydrogens is 620 g/mol. The van der Waals surface area contributed by atoms with E-state index in [0.29, 0.717) is 33.0 Å². The van der Waals surface area contributed by atoms with Crippen molar-refractivity contribution in [1.82, 2.24) is 27.4 Å². The highest BCUT2D eigenvalue weighted by molar-refractivity contribution is 5.70. The summed E-state index contributed by atoms with van der Waals surface area (Å²) in [5.74, 6) is -2.50. The number of methoxy groups -OCH3 is 1. The summed E-state index contributed by atoms with van der Waals surface area (Å²) in [6.45, 7) is 0.404. The Morgan fingerprint density at radius 2 is 0.891 bits per heavy atom. The van der Waals surface area contributed by atoms with E-state index in [-0.39, 0.29) is 6.61 Å². The van der Waals surface area contributed by atoms with Crippen LogP contribution in [0.2, 0.25) is 0 Å². The first kappa shape index (κ1) is 37.1. The lowest BCUT2D eigenvalue weighted by molar-refractivity contribution is -0.144. The highest BCUT2D eigenvalue weighted by atomic mass is 16.5. The van der Waals surface area contributed by atoms with Crippen LogP contribution in [0, 0.1) is 0 Å². The molecule has 0 aromatic carbocycles. The molecule has 0 fully saturated rings. The molecule has 20 nitrogen and oxygen atoms in total. The minimum Gasteiger partial charge on any atom is -0.469 e. The molecule has 2 heterocycles. The van der Waals surface area contributed by atoms with Crippen molar-refractivity contribution >= 4 is 17.9 Å². The minimum absolute atomic E-state index is 0.0846. The summed E-state index contributed by atoms with van der Waals surface area (Å²) < 4.78 is 17.9. The van der Waals surface area contributed by atoms with Crippen molar-refractivity contribution in [3.63, 3.8) is 0 Å². The lowest BCUT2D eigenvalue weighted by atomic mass is 10.4. The van der Waals surface area contributed by atoms with Crippen molar-refractivity contribution in [3.8, 4) is 0 Å². The number of ether oxygens (including phenoxy) is 3. The fourth-order valence-electron chi connectivity index (χ4n) is 4.02. The standard InChI is InChI=1S/C26H36N6O14/c1-17(2)16-46-20(37)6-9-29-22(39)27(7-4-18(35)44-3)21(38)28(23(29)40)8-5-19(36)45-15-12-32-25(42)30(10-13-33)24(41)31(11-14-34)26(32)43/h33-34H,1,4-16H2,2-3H3. The van der Waals surface area contributed by atoms with Crippen LogP contribution >= 0.6 is 0 Å². The minimum atomic E-state index is -1.15. The Hall–Kier alpha value is -5.11. The van der Waals surface area contributed by atoms with Crippen LogP contribution in [-0.4, -0.2) is 89.1 Å². The Bertz CT molecular complexity index is 1760. The van der Waals surface area contributed by atoms with Crippen molar-refractivity contribution in [1.29, 1.82) is 0 Å². The van der Waals surface area contributed by atoms with Crippen molar-refractivity contribution in [3.05, 3.63) is 75.1 Å². The van der Waals surface area contributed by atoms with Gasteiger partial charge in [0.15, 0.2) is 0 Å². The van der Waals surface area contributed by atoms with E-state index in [9.17, 15) is 53.4 Å². The molecule has 46 heavy (non-hydrogen) atoms. The van der Waals surface area contributed by atoms with Gasteiger partial charge in [0.2, 0.25) is 0 Å². The number of nitrogens with zero attached hydrogens (tertiary/aromatic N) is 6. The predicted molar refractivity (Wildman–Crippen MR) is 155 cm³/mol. The molecule has 0 saturated heterocycles. The molecule has 0 amide bonds. The fraction of sp³-hybridized carbons (Fsp3) is 0.577. The number of aliphatic hydroxyl groups excluding tert-OH is 2. The van der Waals surface area contributed by atoms with Crippen molar-refractivity contribution in [2.45, 2.75) is 65.5 Å². The summed E-state index contributed by atoms with van der Waals surface area (Å²) in [6.07, 6.45) is -1.43. The Balaban J connectivity index is 2.27. The van der Waals surface area contributed by atoms with Gasteiger partial charge in [-0.25, -0.2) is 56.2 Å². The second kappa shape index (κ2) is 17.4. The Morgan fingerprint density at radius 1 is 0.565 bits per heavy atom. The molecule has 0 radical (unpaired) electrons. The largest absolute Gasteiger partial charge is 0.469 e. The lowest BCUT2D eigenvalue weighted by Gasteiger charge is -2.14. The molecule has 0 aliphatic rings. The summed E-state index contributed by atoms with van der Waals surface area (Å²) in [4.78, 5) is 113. The molecule has 0 atom stereocenters. The van der Waals surface area contributed by atoms with Gasteiger partial charge in [0.25, 0.3) is 0 Å². The number of carbonyl (C=O) groups excluding carboxylic acids is 3. The average molecular weight is 657 g/mol. The van der Waals surface area contributed by atoms with Gasteiger partial charge in [0, 0.05) is 19.6 Å². The maximum Gasteiger partial charge on any atom is 0.336 e. The average Bonchev–Trinajstić information content (AvgIpc) is 3.01. The molecule has 0 aliphatic carbocycles. The van der Waals surface area contributed by atoms with Gasteiger partial charge in [-0.1, -0.05) is 6.58 Å². The van der Waals surface area contributed by atoms with E-state index >= 15 is 0 Å². The van der Waals surface area contributed by atoms with Crippen LogP contribution in [0.25, 0.3) is 0 Å². The van der Waals surface area contributed by atoms with E-state index in [1.165, 1.54) is 0 Å². The molecule has 2 N–H and O–H groups in total. The quantitative estimate of drug-likeness (QED) is 0.0870. The molecule has 0 bridgehead atoms. The fourth-order valence-corrected chi connectivity index (χ4v) is 4.02. The molecule has 0 saturated carbocycles. The van der Waals surface area contributed by atoms with E-state index in [4.69, 9.17) is 9.47 Å². The van der Waals surface area contributed by atoms with Gasteiger partial charge in [-0.15, -0.1) is 0 Å². The highest BCUT2D eigenvalue weighted by Crippen LogP contribution is 1.95. The Labute approximate surface area is 258 Å². The summed E-state index contributed by atoms with van der Waals surface area (Å²) >= 11 is 0. The number of esters is 3. The summed E-state index contributed by atoms with van der Waals surface area (Å²) in [6, 6.07) is 0. The molecule has 2 aromatic heterocycles. The Morgan fingerprint density at radius 3 is 1.24 bits per heavy atom. The van der Waals surface area contributed by atoms with Crippen molar-refractivity contribution in [2.75, 3.05) is 33.5 Å². The molecule has 2 rings (SSSR count). The number of hydrogen-bond donors (Lipinski definition) is 2. The van der Waals surface area contributed by atoms with E-state index in [1.54, 1.807) is 6.92 Å². The van der Waals surface area contributed by atoms with Gasteiger partial charge in [-0.05, 0) is 12.5 Å². The van der Waals surface area contributed by atoms with E-state index in [2.05, 4.69) is 11.3 Å². The van der Waals surface area contributed by atoms with Gasteiger partial charge < -0.3 is 24.4 Å². The molecule has 254 valence electrons. The monoisotopic (exact) mass is 656 g/mol. The molecule has 20 heteroatoms. The molecular formula is C26H36N6O14. The number of aromatic nitrogens is 6. The first-order valence-corrected chi connectivity index (χ1v) is 13.9. The topological polar surface area (TPSA) is 251 Å². The van der Waals surface area contributed by atoms with Gasteiger partial charge >= 0.3 is 52.0 Å². The van der Waals surface area contributed by atoms with E-state index in [0.717, 1.165) is 7.11 Å². The normalized spacial score (nSPS) is 10.9. The lowest BCUT2D eigenvalue weighted by Crippen LogP contribution is -2.55. The second-order valence-electron chi connectivity index (χ2n) is 9.72. The molecule has 0 spiro atoms. The SMILES string of the molecule is C=C(C)COC(=O)CCn1c(=O)n(CCC(=O)OC)c(=O)n(CCC(=O)OCCn2c(=O)n(CCO)c(=O)n(CCO)c2=O)c1=O. The number of carbonyl (C=O) groups is 3. The van der Waals surface area contributed by atoms with E-state index in [1.807, 2.05) is 0 Å². The van der Waals surface area contributed by atoms with Crippen LogP contribution in [0.1, 0.15) is 26.2 Å². The van der Waals surface area contributed by atoms with Gasteiger partial charge in [-0.3, -0.25) is 14.4 Å². The van der Waals surface area contributed by atoms with Crippen LogP contribution in [0.4, 0.5) is 0 Å². The number of hydrogen-bond acceptors (Lipinski definition) is 14. The summed E-state index contributed by atoms with van der Waals surface area (Å²) in [5, 5.41) is 18.3. The van der Waals surface area contributed by atoms with Crippen LogP contribution in [0.3, 0.4) is 0 Å². The van der Waals surface area contributed by atoms with Crippen LogP contribution in [0.5, 0.6) is 0 Å². The third kappa shape index (κ3) is 9.44. The molecule has 2 aromatic rings. The highest BCUT2D eigenvalue weighted by Gasteiger charge is 2.19.